The van der Waals surface area contributed by atoms with Crippen LogP contribution in [0.15, 0.2) is 128 Å². The first-order valence-electron chi connectivity index (χ1n) is 12.7. The number of hydrogen-bond acceptors (Lipinski definition) is 5. The molecule has 0 aliphatic carbocycles. The van der Waals surface area contributed by atoms with Crippen molar-refractivity contribution >= 4 is 35.2 Å². The van der Waals surface area contributed by atoms with Crippen molar-refractivity contribution in [1.29, 1.82) is 0 Å². The summed E-state index contributed by atoms with van der Waals surface area (Å²) in [4.78, 5) is 35.5. The van der Waals surface area contributed by atoms with Gasteiger partial charge in [-0.25, -0.2) is 4.68 Å². The number of anilines is 1. The number of nitro benzene ring substituents is 1. The number of nitrogens with zero attached hydrogens (tertiary/aromatic N) is 3. The maximum atomic E-state index is 12.7. The van der Waals surface area contributed by atoms with Gasteiger partial charge in [-0.05, 0) is 66.2 Å². The average Bonchev–Trinajstić information content (AvgIpc) is 3.45. The average molecular weight is 541 g/mol. The quantitative estimate of drug-likeness (QED) is 0.0938. The first-order valence-corrected chi connectivity index (χ1v) is 12.7. The number of non-ortho nitro benzene ring substituents is 1. The number of para-hydroxylation sites is 1. The van der Waals surface area contributed by atoms with Crippen molar-refractivity contribution in [2.45, 2.75) is 0 Å². The molecule has 0 aliphatic rings. The highest BCUT2D eigenvalue weighted by atomic mass is 16.6. The van der Waals surface area contributed by atoms with E-state index < -0.39 is 4.92 Å². The van der Waals surface area contributed by atoms with E-state index >= 15 is 0 Å². The Bertz CT molecular complexity index is 1740. The summed E-state index contributed by atoms with van der Waals surface area (Å²) in [5.41, 5.74) is 5.02. The summed E-state index contributed by atoms with van der Waals surface area (Å²) in [6, 6.07) is 32.0. The maximum Gasteiger partial charge on any atom is 0.269 e. The minimum Gasteiger partial charge on any atom is -0.323 e. The highest BCUT2D eigenvalue weighted by molar-refractivity contribution is 6.07. The summed E-state index contributed by atoms with van der Waals surface area (Å²) in [5.74, 6) is -0.557. The zero-order valence-electron chi connectivity index (χ0n) is 21.8. The predicted octanol–water partition coefficient (Wildman–Crippen LogP) is 7.00. The Morgan fingerprint density at radius 3 is 2.10 bits per heavy atom. The zero-order chi connectivity index (χ0) is 28.6. The van der Waals surface area contributed by atoms with E-state index in [4.69, 9.17) is 5.10 Å². The fourth-order valence-corrected chi connectivity index (χ4v) is 4.09. The molecule has 1 aromatic heterocycles. The third kappa shape index (κ3) is 6.76. The summed E-state index contributed by atoms with van der Waals surface area (Å²) in [6.45, 7) is 0. The van der Waals surface area contributed by atoms with Crippen LogP contribution in [-0.2, 0) is 4.79 Å². The van der Waals surface area contributed by atoms with Crippen LogP contribution in [0.5, 0.6) is 0 Å². The standard InChI is InChI=1S/C33H24N4O4/c38-31(21-13-24-11-19-30(20-12-24)37(40)41)25-14-17-28(18-15-25)34-32(39)22-16-27-23-36(29-9-5-2-6-10-29)35-33(27)26-7-3-1-4-8-26/h1-23H,(H,34,39)/b21-13+,22-16+. The summed E-state index contributed by atoms with van der Waals surface area (Å²) in [6.07, 6.45) is 8.05. The molecule has 0 radical (unpaired) electrons. The van der Waals surface area contributed by atoms with Crippen LogP contribution in [0, 0.1) is 10.1 Å². The highest BCUT2D eigenvalue weighted by Crippen LogP contribution is 2.25. The molecule has 0 unspecified atom stereocenters. The number of ketones is 1. The molecule has 0 fully saturated rings. The molecule has 200 valence electrons. The molecule has 5 aromatic rings. The van der Waals surface area contributed by atoms with Crippen molar-refractivity contribution in [3.05, 3.63) is 154 Å². The molecule has 0 aliphatic heterocycles. The first kappa shape index (κ1) is 26.7. The lowest BCUT2D eigenvalue weighted by molar-refractivity contribution is -0.384. The Kier molecular flexibility index (Phi) is 8.02. The summed E-state index contributed by atoms with van der Waals surface area (Å²) in [5, 5.41) is 18.3. The second-order valence-corrected chi connectivity index (χ2v) is 9.03. The second kappa shape index (κ2) is 12.3. The second-order valence-electron chi connectivity index (χ2n) is 9.03. The lowest BCUT2D eigenvalue weighted by Crippen LogP contribution is -2.07. The van der Waals surface area contributed by atoms with Crippen LogP contribution in [-0.4, -0.2) is 26.4 Å². The Morgan fingerprint density at radius 2 is 1.44 bits per heavy atom. The third-order valence-electron chi connectivity index (χ3n) is 6.19. The number of benzene rings is 4. The maximum absolute atomic E-state index is 12.7. The van der Waals surface area contributed by atoms with Crippen molar-refractivity contribution < 1.29 is 14.5 Å². The number of aromatic nitrogens is 2. The van der Waals surface area contributed by atoms with Gasteiger partial charge in [0.1, 0.15) is 0 Å². The van der Waals surface area contributed by atoms with Gasteiger partial charge in [0.25, 0.3) is 5.69 Å². The number of nitrogens with one attached hydrogen (secondary N) is 1. The first-order chi connectivity index (χ1) is 20.0. The van der Waals surface area contributed by atoms with E-state index in [1.165, 1.54) is 24.3 Å². The number of hydrogen-bond donors (Lipinski definition) is 1. The molecule has 0 atom stereocenters. The van der Waals surface area contributed by atoms with Crippen molar-refractivity contribution in [2.24, 2.45) is 0 Å². The summed E-state index contributed by atoms with van der Waals surface area (Å²) >= 11 is 0. The third-order valence-corrected chi connectivity index (χ3v) is 6.19. The molecule has 0 saturated heterocycles. The number of rotatable bonds is 9. The van der Waals surface area contributed by atoms with Crippen LogP contribution in [0.1, 0.15) is 21.5 Å². The molecular formula is C33H24N4O4. The van der Waals surface area contributed by atoms with Crippen molar-refractivity contribution in [3.8, 4) is 16.9 Å². The van der Waals surface area contributed by atoms with Gasteiger partial charge in [0.2, 0.25) is 5.91 Å². The van der Waals surface area contributed by atoms with Gasteiger partial charge in [-0.2, -0.15) is 5.10 Å². The molecule has 1 heterocycles. The van der Waals surface area contributed by atoms with Gasteiger partial charge in [0, 0.05) is 46.8 Å². The van der Waals surface area contributed by atoms with E-state index in [9.17, 15) is 19.7 Å². The minimum atomic E-state index is -0.476. The van der Waals surface area contributed by atoms with Crippen LogP contribution >= 0.6 is 0 Å². The van der Waals surface area contributed by atoms with Gasteiger partial charge >= 0.3 is 0 Å². The Labute approximate surface area is 236 Å². The smallest absolute Gasteiger partial charge is 0.269 e. The van der Waals surface area contributed by atoms with E-state index in [-0.39, 0.29) is 17.4 Å². The van der Waals surface area contributed by atoms with Gasteiger partial charge in [-0.15, -0.1) is 0 Å². The summed E-state index contributed by atoms with van der Waals surface area (Å²) in [7, 11) is 0. The Balaban J connectivity index is 1.25. The van der Waals surface area contributed by atoms with Gasteiger partial charge in [-0.1, -0.05) is 54.6 Å². The highest BCUT2D eigenvalue weighted by Gasteiger charge is 2.11. The van der Waals surface area contributed by atoms with Crippen LogP contribution in [0.3, 0.4) is 0 Å². The molecule has 1 amide bonds. The van der Waals surface area contributed by atoms with Gasteiger partial charge in [-0.3, -0.25) is 19.7 Å². The fraction of sp³-hybridized carbons (Fsp3) is 0. The minimum absolute atomic E-state index is 0.0140. The molecule has 0 bridgehead atoms. The molecular weight excluding hydrogens is 516 g/mol. The monoisotopic (exact) mass is 540 g/mol. The van der Waals surface area contributed by atoms with E-state index in [1.807, 2.05) is 66.9 Å². The SMILES string of the molecule is O=C(/C=C/c1cn(-c2ccccc2)nc1-c1ccccc1)Nc1ccc(C(=O)/C=C/c2ccc([N+](=O)[O-])cc2)cc1. The number of amides is 1. The van der Waals surface area contributed by atoms with E-state index in [1.54, 1.807) is 53.2 Å². The number of allylic oxidation sites excluding steroid dienone is 1. The molecule has 0 spiro atoms. The molecule has 0 saturated carbocycles. The largest absolute Gasteiger partial charge is 0.323 e. The number of nitro groups is 1. The summed E-state index contributed by atoms with van der Waals surface area (Å²) < 4.78 is 1.78. The van der Waals surface area contributed by atoms with E-state index in [0.717, 1.165) is 22.5 Å². The van der Waals surface area contributed by atoms with E-state index in [0.29, 0.717) is 16.8 Å². The van der Waals surface area contributed by atoms with Crippen LogP contribution in [0.4, 0.5) is 11.4 Å². The normalized spacial score (nSPS) is 11.1. The lowest BCUT2D eigenvalue weighted by Gasteiger charge is -2.03. The van der Waals surface area contributed by atoms with Crippen LogP contribution < -0.4 is 5.32 Å². The van der Waals surface area contributed by atoms with Crippen molar-refractivity contribution in [1.82, 2.24) is 9.78 Å². The number of carbonyl (C=O) groups is 2. The van der Waals surface area contributed by atoms with Gasteiger partial charge in [0.15, 0.2) is 5.78 Å². The van der Waals surface area contributed by atoms with E-state index in [2.05, 4.69) is 5.32 Å². The van der Waals surface area contributed by atoms with Gasteiger partial charge < -0.3 is 5.32 Å². The molecule has 41 heavy (non-hydrogen) atoms. The fourth-order valence-electron chi connectivity index (χ4n) is 4.09. The predicted molar refractivity (Wildman–Crippen MR) is 160 cm³/mol. The zero-order valence-corrected chi connectivity index (χ0v) is 21.8. The molecule has 5 rings (SSSR count). The Morgan fingerprint density at radius 1 is 0.780 bits per heavy atom. The molecule has 4 aromatic carbocycles. The van der Waals surface area contributed by atoms with Crippen molar-refractivity contribution in [2.75, 3.05) is 5.32 Å². The number of carbonyl (C=O) groups excluding carboxylic acids is 2. The Hall–Kier alpha value is -5.89. The molecule has 8 heteroatoms. The van der Waals surface area contributed by atoms with Crippen LogP contribution in [0.2, 0.25) is 0 Å². The van der Waals surface area contributed by atoms with Crippen LogP contribution in [0.25, 0.3) is 29.1 Å². The topological polar surface area (TPSA) is 107 Å². The lowest BCUT2D eigenvalue weighted by atomic mass is 10.1. The van der Waals surface area contributed by atoms with Gasteiger partial charge in [0.05, 0.1) is 16.3 Å². The van der Waals surface area contributed by atoms with Crippen molar-refractivity contribution in [3.63, 3.8) is 0 Å². The molecule has 1 N–H and O–H groups in total. The molecule has 8 nitrogen and oxygen atoms in total.